The van der Waals surface area contributed by atoms with Crippen molar-refractivity contribution in [2.24, 2.45) is 0 Å². The smallest absolute Gasteiger partial charge is 0.338 e. The van der Waals surface area contributed by atoms with Gasteiger partial charge in [0.25, 0.3) is 11.8 Å². The molecule has 0 spiro atoms. The van der Waals surface area contributed by atoms with Crippen LogP contribution in [0, 0.1) is 0 Å². The number of carbonyl (C=O) groups is 3. The zero-order chi connectivity index (χ0) is 24.8. The largest absolute Gasteiger partial charge is 0.465 e. The molecular weight excluding hydrogens is 454 g/mol. The van der Waals surface area contributed by atoms with E-state index in [2.05, 4.69) is 9.88 Å². The first-order valence-corrected chi connectivity index (χ1v) is 12.4. The average molecular weight is 482 g/mol. The van der Waals surface area contributed by atoms with Gasteiger partial charge in [0, 0.05) is 46.7 Å². The van der Waals surface area contributed by atoms with Crippen molar-refractivity contribution < 1.29 is 19.1 Å². The van der Waals surface area contributed by atoms with Crippen LogP contribution in [-0.2, 0) is 4.74 Å². The van der Waals surface area contributed by atoms with E-state index in [9.17, 15) is 14.4 Å². The Morgan fingerprint density at radius 1 is 0.917 bits per heavy atom. The summed E-state index contributed by atoms with van der Waals surface area (Å²) in [7, 11) is 1.41. The lowest BCUT2D eigenvalue weighted by Crippen LogP contribution is -2.45. The number of nitrogens with one attached hydrogen (secondary N) is 1. The third kappa shape index (κ3) is 3.58. The van der Waals surface area contributed by atoms with E-state index in [0.29, 0.717) is 35.7 Å². The molecule has 2 aliphatic rings. The number of likely N-dealkylation sites (tertiary alicyclic amines) is 1. The summed E-state index contributed by atoms with van der Waals surface area (Å²) in [6.07, 6.45) is 3.89. The minimum atomic E-state index is -0.327. The van der Waals surface area contributed by atoms with Crippen LogP contribution in [0.2, 0.25) is 0 Å². The minimum Gasteiger partial charge on any atom is -0.465 e. The van der Waals surface area contributed by atoms with Crippen LogP contribution in [-0.4, -0.2) is 65.9 Å². The van der Waals surface area contributed by atoms with Crippen LogP contribution in [0.1, 0.15) is 55.4 Å². The van der Waals surface area contributed by atoms with Crippen molar-refractivity contribution in [3.63, 3.8) is 0 Å². The van der Waals surface area contributed by atoms with Gasteiger partial charge in [0.2, 0.25) is 0 Å². The summed E-state index contributed by atoms with van der Waals surface area (Å²) in [5.41, 5.74) is 3.87. The molecule has 1 fully saturated rings. The molecule has 0 unspecified atom stereocenters. The fraction of sp³-hybridized carbons (Fsp3) is 0.276. The quantitative estimate of drug-likeness (QED) is 0.333. The lowest BCUT2D eigenvalue weighted by atomic mass is 9.88. The SMILES string of the molecule is COC(=O)c1cccc2[nH]cc(C3CCN(CCN4C(=O)c5cccc6cccc(c56)C4=O)CC3)c12. The van der Waals surface area contributed by atoms with Crippen LogP contribution in [0.15, 0.2) is 60.8 Å². The highest BCUT2D eigenvalue weighted by Gasteiger charge is 2.33. The van der Waals surface area contributed by atoms with Crippen molar-refractivity contribution in [1.82, 2.24) is 14.8 Å². The van der Waals surface area contributed by atoms with Gasteiger partial charge in [-0.15, -0.1) is 0 Å². The molecule has 182 valence electrons. The van der Waals surface area contributed by atoms with Crippen molar-refractivity contribution in [1.29, 1.82) is 0 Å². The highest BCUT2D eigenvalue weighted by atomic mass is 16.5. The zero-order valence-electron chi connectivity index (χ0n) is 20.1. The Morgan fingerprint density at radius 3 is 2.25 bits per heavy atom. The van der Waals surface area contributed by atoms with E-state index in [4.69, 9.17) is 4.74 Å². The van der Waals surface area contributed by atoms with Crippen LogP contribution >= 0.6 is 0 Å². The lowest BCUT2D eigenvalue weighted by molar-refractivity contribution is 0.0579. The molecular formula is C29H27N3O4. The summed E-state index contributed by atoms with van der Waals surface area (Å²) in [5.74, 6) is -0.433. The Labute approximate surface area is 208 Å². The van der Waals surface area contributed by atoms with E-state index in [1.165, 1.54) is 12.0 Å². The molecule has 1 saturated heterocycles. The summed E-state index contributed by atoms with van der Waals surface area (Å²) < 4.78 is 5.00. The standard InChI is InChI=1S/C29H27N3O4/c1-36-29(35)22-9-4-10-24-26(22)23(17-30-24)18-11-13-31(14-12-18)15-16-32-27(33)20-7-2-5-19-6-3-8-21(25(19)20)28(32)34/h2-10,17-18,30H,11-16H2,1H3. The Hall–Kier alpha value is -3.97. The van der Waals surface area contributed by atoms with Crippen LogP contribution in [0.4, 0.5) is 0 Å². The van der Waals surface area contributed by atoms with E-state index < -0.39 is 0 Å². The van der Waals surface area contributed by atoms with E-state index in [1.807, 2.05) is 60.8 Å². The van der Waals surface area contributed by atoms with Crippen LogP contribution in [0.25, 0.3) is 21.7 Å². The molecule has 3 aromatic carbocycles. The fourth-order valence-electron chi connectivity index (χ4n) is 5.81. The number of esters is 1. The molecule has 1 aromatic heterocycles. The van der Waals surface area contributed by atoms with Gasteiger partial charge in [-0.3, -0.25) is 14.5 Å². The Morgan fingerprint density at radius 2 is 1.58 bits per heavy atom. The molecule has 7 heteroatoms. The van der Waals surface area contributed by atoms with Gasteiger partial charge >= 0.3 is 5.97 Å². The highest BCUT2D eigenvalue weighted by molar-refractivity contribution is 6.25. The van der Waals surface area contributed by atoms with Crippen molar-refractivity contribution >= 4 is 39.5 Å². The molecule has 0 atom stereocenters. The van der Waals surface area contributed by atoms with Gasteiger partial charge in [0.15, 0.2) is 0 Å². The van der Waals surface area contributed by atoms with E-state index in [1.54, 1.807) is 0 Å². The first-order valence-electron chi connectivity index (χ1n) is 12.4. The minimum absolute atomic E-state index is 0.215. The van der Waals surface area contributed by atoms with Crippen molar-refractivity contribution in [3.05, 3.63) is 83.0 Å². The van der Waals surface area contributed by atoms with Crippen LogP contribution in [0.3, 0.4) is 0 Å². The maximum atomic E-state index is 13.2. The number of nitrogens with zero attached hydrogens (tertiary/aromatic N) is 2. The number of fused-ring (bicyclic) bond motifs is 1. The number of carbonyl (C=O) groups excluding carboxylic acids is 3. The molecule has 0 radical (unpaired) electrons. The maximum absolute atomic E-state index is 13.2. The summed E-state index contributed by atoms with van der Waals surface area (Å²) >= 11 is 0. The lowest BCUT2D eigenvalue weighted by Gasteiger charge is -2.34. The van der Waals surface area contributed by atoms with Crippen LogP contribution < -0.4 is 0 Å². The zero-order valence-corrected chi connectivity index (χ0v) is 20.1. The molecule has 6 rings (SSSR count). The summed E-state index contributed by atoms with van der Waals surface area (Å²) in [5, 5.41) is 2.62. The van der Waals surface area contributed by atoms with Crippen molar-refractivity contribution in [2.45, 2.75) is 18.8 Å². The number of rotatable bonds is 5. The number of hydrogen-bond acceptors (Lipinski definition) is 5. The van der Waals surface area contributed by atoms with Gasteiger partial charge in [-0.1, -0.05) is 30.3 Å². The molecule has 3 heterocycles. The number of hydrogen-bond donors (Lipinski definition) is 1. The van der Waals surface area contributed by atoms with Crippen molar-refractivity contribution in [3.8, 4) is 0 Å². The summed E-state index contributed by atoms with van der Waals surface area (Å²) in [4.78, 5) is 45.7. The molecule has 1 N–H and O–H groups in total. The number of H-pyrrole nitrogens is 1. The average Bonchev–Trinajstić information content (AvgIpc) is 3.36. The second-order valence-corrected chi connectivity index (χ2v) is 9.55. The maximum Gasteiger partial charge on any atom is 0.338 e. The summed E-state index contributed by atoms with van der Waals surface area (Å²) in [6, 6.07) is 16.9. The molecule has 4 aromatic rings. The Balaban J connectivity index is 1.14. The third-order valence-corrected chi connectivity index (χ3v) is 7.66. The second-order valence-electron chi connectivity index (χ2n) is 9.55. The molecule has 36 heavy (non-hydrogen) atoms. The van der Waals surface area contributed by atoms with Crippen molar-refractivity contribution in [2.75, 3.05) is 33.3 Å². The number of ether oxygens (including phenoxy) is 1. The van der Waals surface area contributed by atoms with E-state index in [0.717, 1.165) is 53.2 Å². The number of aromatic amines is 1. The number of benzene rings is 3. The second kappa shape index (κ2) is 8.91. The predicted octanol–water partition coefficient (Wildman–Crippen LogP) is 4.58. The van der Waals surface area contributed by atoms with Gasteiger partial charge in [0.05, 0.1) is 12.7 Å². The Bertz CT molecular complexity index is 1460. The summed E-state index contributed by atoms with van der Waals surface area (Å²) in [6.45, 7) is 2.73. The Kier molecular flexibility index (Phi) is 5.57. The highest BCUT2D eigenvalue weighted by Crippen LogP contribution is 2.35. The van der Waals surface area contributed by atoms with Gasteiger partial charge in [0.1, 0.15) is 0 Å². The molecule has 2 aliphatic heterocycles. The van der Waals surface area contributed by atoms with Gasteiger partial charge < -0.3 is 14.6 Å². The van der Waals surface area contributed by atoms with Gasteiger partial charge in [-0.05, 0) is 67.1 Å². The van der Waals surface area contributed by atoms with E-state index in [-0.39, 0.29) is 17.8 Å². The number of aromatic nitrogens is 1. The molecule has 0 saturated carbocycles. The topological polar surface area (TPSA) is 82.7 Å². The molecule has 2 amide bonds. The van der Waals surface area contributed by atoms with Crippen LogP contribution in [0.5, 0.6) is 0 Å². The normalized spacial score (nSPS) is 16.8. The third-order valence-electron chi connectivity index (χ3n) is 7.66. The van der Waals surface area contributed by atoms with Gasteiger partial charge in [-0.2, -0.15) is 0 Å². The first-order chi connectivity index (χ1) is 17.6. The predicted molar refractivity (Wildman–Crippen MR) is 137 cm³/mol. The number of piperidine rings is 1. The monoisotopic (exact) mass is 481 g/mol. The fourth-order valence-corrected chi connectivity index (χ4v) is 5.81. The molecule has 0 aliphatic carbocycles. The number of methoxy groups -OCH3 is 1. The molecule has 7 nitrogen and oxygen atoms in total. The molecule has 0 bridgehead atoms. The van der Waals surface area contributed by atoms with Gasteiger partial charge in [-0.25, -0.2) is 4.79 Å². The van der Waals surface area contributed by atoms with E-state index >= 15 is 0 Å². The first kappa shape index (κ1) is 22.5. The number of amides is 2. The number of imide groups is 1.